The van der Waals surface area contributed by atoms with Crippen LogP contribution in [0, 0.1) is 25.2 Å². The fourth-order valence-corrected chi connectivity index (χ4v) is 6.42. The van der Waals surface area contributed by atoms with Gasteiger partial charge in [-0.1, -0.05) is 158 Å². The van der Waals surface area contributed by atoms with E-state index in [0.717, 1.165) is 12.0 Å². The Morgan fingerprint density at radius 1 is 0.872 bits per heavy atom. The molecule has 5 rings (SSSR count). The van der Waals surface area contributed by atoms with Crippen molar-refractivity contribution in [2.75, 3.05) is 6.54 Å². The molecule has 0 aromatic heterocycles. The molecule has 3 nitrogen and oxygen atoms in total. The van der Waals surface area contributed by atoms with Crippen LogP contribution >= 0.6 is 0 Å². The van der Waals surface area contributed by atoms with Gasteiger partial charge in [-0.05, 0) is 6.42 Å². The van der Waals surface area contributed by atoms with Gasteiger partial charge in [0.25, 0.3) is 11.8 Å². The van der Waals surface area contributed by atoms with E-state index < -0.39 is 0 Å². The summed E-state index contributed by atoms with van der Waals surface area (Å²) in [6.07, 6.45) is 32.8. The Labute approximate surface area is 302 Å². The van der Waals surface area contributed by atoms with Gasteiger partial charge in [0.2, 0.25) is 0 Å². The number of allylic oxidation sites excluding steroid dienone is 7. The van der Waals surface area contributed by atoms with E-state index >= 15 is 0 Å². The zero-order valence-electron chi connectivity index (χ0n) is 31.7. The Bertz CT molecular complexity index is 1030. The second kappa shape index (κ2) is 26.9. The normalized spacial score (nSPS) is 18.9. The van der Waals surface area contributed by atoms with Crippen molar-refractivity contribution in [3.8, 4) is 0 Å². The van der Waals surface area contributed by atoms with Gasteiger partial charge in [0.15, 0.2) is 0 Å². The van der Waals surface area contributed by atoms with Crippen molar-refractivity contribution < 1.29 is 26.7 Å². The molecule has 1 heterocycles. The van der Waals surface area contributed by atoms with Crippen LogP contribution in [0.2, 0.25) is 0 Å². The summed E-state index contributed by atoms with van der Waals surface area (Å²) in [6.45, 7) is 22.2. The van der Waals surface area contributed by atoms with E-state index in [4.69, 9.17) is 0 Å². The maximum Gasteiger partial charge on any atom is 4.00 e. The van der Waals surface area contributed by atoms with Gasteiger partial charge in [-0.2, -0.15) is 34.3 Å². The second-order valence-corrected chi connectivity index (χ2v) is 13.2. The summed E-state index contributed by atoms with van der Waals surface area (Å²) < 4.78 is 0. The predicted molar refractivity (Wildman–Crippen MR) is 201 cm³/mol. The summed E-state index contributed by atoms with van der Waals surface area (Å²) in [5, 5.41) is 0. The summed E-state index contributed by atoms with van der Waals surface area (Å²) >= 11 is 0. The molecule has 0 aromatic carbocycles. The maximum absolute atomic E-state index is 11.4. The van der Waals surface area contributed by atoms with Crippen LogP contribution in [-0.4, -0.2) is 23.3 Å². The van der Waals surface area contributed by atoms with Crippen LogP contribution in [0.4, 0.5) is 0 Å². The van der Waals surface area contributed by atoms with Crippen LogP contribution in [-0.2, 0) is 26.7 Å². The molecule has 1 saturated carbocycles. The van der Waals surface area contributed by atoms with Crippen molar-refractivity contribution in [1.29, 1.82) is 0 Å². The number of rotatable bonds is 15. The number of hydrogen-bond acceptors (Lipinski definition) is 2. The van der Waals surface area contributed by atoms with Crippen molar-refractivity contribution in [2.45, 2.75) is 171 Å². The van der Waals surface area contributed by atoms with E-state index in [1.54, 1.807) is 22.3 Å². The van der Waals surface area contributed by atoms with Crippen LogP contribution in [0.1, 0.15) is 171 Å². The van der Waals surface area contributed by atoms with Gasteiger partial charge in [0, 0.05) is 18.7 Å². The van der Waals surface area contributed by atoms with Gasteiger partial charge in [-0.3, -0.25) is 26.5 Å². The quantitative estimate of drug-likeness (QED) is 0.0743. The monoisotopic (exact) mass is 688 g/mol. The van der Waals surface area contributed by atoms with Crippen LogP contribution in [0.3, 0.4) is 0 Å². The van der Waals surface area contributed by atoms with Gasteiger partial charge in [-0.15, -0.1) is 18.4 Å². The third-order valence-corrected chi connectivity index (χ3v) is 9.16. The fourth-order valence-electron chi connectivity index (χ4n) is 6.42. The molecule has 4 aliphatic carbocycles. The first kappa shape index (κ1) is 45.0. The van der Waals surface area contributed by atoms with Crippen molar-refractivity contribution in [1.82, 2.24) is 4.90 Å². The molecule has 0 spiro atoms. The van der Waals surface area contributed by atoms with Gasteiger partial charge in [-0.25, -0.2) is 0 Å². The standard InChI is InChI=1S/C17H27.C16H19NO2.2C5H12.Fe/c1-3-5-6-9-15-13-16-10-7-11-17(15)12-14(16)8-4-2;1-4-6-11(2)16-12(3)13(16)7-5-10-17-14(18)8-9-15(17)19;2*1-3-5-4-2;/h12H,3-11,13H2,1-2H3;6-9,12H,2,4-5,10H2,1,3H3;2*3-5H2,1-2H3;/q-1;-2;;;+4/b;11-6-,13-7?;;;. The summed E-state index contributed by atoms with van der Waals surface area (Å²) in [5.41, 5.74) is 9.38. The van der Waals surface area contributed by atoms with Crippen molar-refractivity contribution in [2.24, 2.45) is 5.92 Å². The summed E-state index contributed by atoms with van der Waals surface area (Å²) in [4.78, 5) is 24.0. The van der Waals surface area contributed by atoms with E-state index in [9.17, 15) is 9.59 Å². The van der Waals surface area contributed by atoms with E-state index in [0.29, 0.717) is 18.9 Å². The van der Waals surface area contributed by atoms with Crippen LogP contribution in [0.15, 0.2) is 57.7 Å². The molecular weight excluding hydrogens is 618 g/mol. The number of hydrogen-bond donors (Lipinski definition) is 0. The van der Waals surface area contributed by atoms with E-state index in [1.807, 2.05) is 0 Å². The molecule has 2 amide bonds. The molecule has 0 saturated heterocycles. The summed E-state index contributed by atoms with van der Waals surface area (Å²) in [5.74, 6) is 1.37. The number of imide groups is 1. The molecule has 1 aliphatic heterocycles. The third-order valence-electron chi connectivity index (χ3n) is 9.16. The van der Waals surface area contributed by atoms with Crippen LogP contribution in [0.25, 0.3) is 0 Å². The first-order valence-electron chi connectivity index (χ1n) is 19.1. The Morgan fingerprint density at radius 2 is 1.47 bits per heavy atom. The summed E-state index contributed by atoms with van der Waals surface area (Å²) in [7, 11) is 0. The molecule has 0 radical (unpaired) electrons. The Morgan fingerprint density at radius 3 is 1.98 bits per heavy atom. The number of carbonyl (C=O) groups is 2. The minimum atomic E-state index is -0.208. The first-order chi connectivity index (χ1) is 22.2. The molecule has 1 fully saturated rings. The van der Waals surface area contributed by atoms with Crippen molar-refractivity contribution >= 4 is 11.8 Å². The SMILES string of the molecule is CCCCC.CCCCC.CCCCCC1=C2[CH-]C(CCC)=C(CCC2)C1.[CH2-]/C(=C/CC)[C-]1C(=CCCN2C(=O)C=CC2=O)C1C.[Fe+4]. The minimum Gasteiger partial charge on any atom is -0.358 e. The van der Waals surface area contributed by atoms with Crippen molar-refractivity contribution in [3.63, 3.8) is 0 Å². The number of nitrogens with zero attached hydrogens (tertiary/aromatic N) is 1. The Hall–Kier alpha value is -2.03. The van der Waals surface area contributed by atoms with Gasteiger partial charge >= 0.3 is 17.1 Å². The smallest absolute Gasteiger partial charge is 0.358 e. The minimum absolute atomic E-state index is 0. The first-order valence-corrected chi connectivity index (χ1v) is 19.1. The molecule has 5 aliphatic rings. The molecule has 47 heavy (non-hydrogen) atoms. The second-order valence-electron chi connectivity index (χ2n) is 13.2. The molecule has 2 bridgehead atoms. The number of unbranched alkanes of at least 4 members (excludes halogenated alkanes) is 6. The summed E-state index contributed by atoms with van der Waals surface area (Å²) in [6, 6.07) is 0. The molecule has 4 heteroatoms. The van der Waals surface area contributed by atoms with Gasteiger partial charge in [0.05, 0.1) is 0 Å². The van der Waals surface area contributed by atoms with E-state index in [1.165, 1.54) is 131 Å². The number of amides is 2. The van der Waals surface area contributed by atoms with E-state index in [-0.39, 0.29) is 28.9 Å². The topological polar surface area (TPSA) is 37.4 Å². The zero-order chi connectivity index (χ0) is 34.3. The number of fused-ring (bicyclic) bond motifs is 4. The average Bonchev–Trinajstić information content (AvgIpc) is 3.70. The molecule has 0 N–H and O–H groups in total. The molecule has 1 unspecified atom stereocenters. The Kier molecular flexibility index (Phi) is 25.7. The van der Waals surface area contributed by atoms with Gasteiger partial charge < -0.3 is 12.5 Å². The Balaban J connectivity index is 0.000000692. The van der Waals surface area contributed by atoms with Crippen LogP contribution < -0.4 is 0 Å². The van der Waals surface area contributed by atoms with Crippen LogP contribution in [0.5, 0.6) is 0 Å². The van der Waals surface area contributed by atoms with E-state index in [2.05, 4.69) is 80.9 Å². The fraction of sp³-hybridized carbons (Fsp3) is 0.651. The zero-order valence-corrected chi connectivity index (χ0v) is 32.8. The average molecular weight is 689 g/mol. The molecule has 0 aromatic rings. The van der Waals surface area contributed by atoms with Gasteiger partial charge in [0.1, 0.15) is 0 Å². The van der Waals surface area contributed by atoms with Crippen molar-refractivity contribution in [3.05, 3.63) is 77.0 Å². The number of carbonyl (C=O) groups excluding carboxylic acids is 2. The predicted octanol–water partition coefficient (Wildman–Crippen LogP) is 12.8. The largest absolute Gasteiger partial charge is 4.00 e. The molecular formula is C43H70FeNO2+. The molecule has 1 atom stereocenters. The maximum atomic E-state index is 11.4. The molecule has 266 valence electrons. The third kappa shape index (κ3) is 16.8.